The Balaban J connectivity index is 1.55. The van der Waals surface area contributed by atoms with E-state index in [1.165, 1.54) is 0 Å². The molecule has 1 amide bonds. The summed E-state index contributed by atoms with van der Waals surface area (Å²) in [5.74, 6) is 0.125. The molecule has 0 radical (unpaired) electrons. The van der Waals surface area contributed by atoms with Gasteiger partial charge >= 0.3 is 0 Å². The zero-order valence-corrected chi connectivity index (χ0v) is 13.1. The van der Waals surface area contributed by atoms with Crippen LogP contribution in [0.25, 0.3) is 0 Å². The molecule has 3 rings (SSSR count). The molecule has 1 saturated heterocycles. The molecule has 2 fully saturated rings. The van der Waals surface area contributed by atoms with Crippen LogP contribution in [-0.4, -0.2) is 49.6 Å². The monoisotopic (exact) mass is 318 g/mol. The van der Waals surface area contributed by atoms with E-state index in [0.717, 1.165) is 44.7 Å². The van der Waals surface area contributed by atoms with Gasteiger partial charge in [-0.15, -0.1) is 0 Å². The second-order valence-electron chi connectivity index (χ2n) is 5.88. The van der Waals surface area contributed by atoms with E-state index in [0.29, 0.717) is 23.2 Å². The third kappa shape index (κ3) is 3.70. The summed E-state index contributed by atoms with van der Waals surface area (Å²) in [7, 11) is 0. The van der Waals surface area contributed by atoms with Crippen LogP contribution in [0, 0.1) is 11.3 Å². The highest BCUT2D eigenvalue weighted by Gasteiger charge is 2.25. The zero-order chi connectivity index (χ0) is 15.5. The predicted molar refractivity (Wildman–Crippen MR) is 86.0 cm³/mol. The number of benzene rings is 1. The number of carbonyl (C=O) groups is 1. The van der Waals surface area contributed by atoms with Gasteiger partial charge in [-0.1, -0.05) is 11.6 Å². The number of hydrogen-bond donors (Lipinski definition) is 1. The van der Waals surface area contributed by atoms with E-state index in [1.54, 1.807) is 6.07 Å². The van der Waals surface area contributed by atoms with Gasteiger partial charge in [0.15, 0.2) is 0 Å². The Morgan fingerprint density at radius 1 is 1.32 bits per heavy atom. The van der Waals surface area contributed by atoms with Crippen molar-refractivity contribution >= 4 is 23.2 Å². The minimum Gasteiger partial charge on any atom is -0.368 e. The van der Waals surface area contributed by atoms with Gasteiger partial charge in [0.05, 0.1) is 17.8 Å². The van der Waals surface area contributed by atoms with Crippen molar-refractivity contribution in [1.29, 1.82) is 5.26 Å². The molecule has 0 aromatic heterocycles. The maximum absolute atomic E-state index is 11.8. The lowest BCUT2D eigenvalue weighted by molar-refractivity contribution is -0.122. The fourth-order valence-corrected chi connectivity index (χ4v) is 2.90. The fraction of sp³-hybridized carbons (Fsp3) is 0.500. The Labute approximate surface area is 135 Å². The number of anilines is 1. The first-order chi connectivity index (χ1) is 10.7. The minimum atomic E-state index is 0.125. The molecule has 1 aromatic carbocycles. The Bertz CT molecular complexity index is 601. The number of piperazine rings is 1. The van der Waals surface area contributed by atoms with Crippen molar-refractivity contribution in [3.05, 3.63) is 28.8 Å². The van der Waals surface area contributed by atoms with E-state index in [9.17, 15) is 10.1 Å². The summed E-state index contributed by atoms with van der Waals surface area (Å²) < 4.78 is 0. The number of halogens is 1. The van der Waals surface area contributed by atoms with Crippen LogP contribution in [0.1, 0.15) is 18.4 Å². The van der Waals surface area contributed by atoms with E-state index in [4.69, 9.17) is 11.6 Å². The quantitative estimate of drug-likeness (QED) is 0.916. The maximum atomic E-state index is 11.8. The molecule has 1 N–H and O–H groups in total. The van der Waals surface area contributed by atoms with Gasteiger partial charge in [-0.2, -0.15) is 5.26 Å². The van der Waals surface area contributed by atoms with Crippen molar-refractivity contribution in [2.45, 2.75) is 18.9 Å². The van der Waals surface area contributed by atoms with Crippen LogP contribution >= 0.6 is 11.6 Å². The average Bonchev–Trinajstić information content (AvgIpc) is 3.32. The van der Waals surface area contributed by atoms with Gasteiger partial charge in [-0.05, 0) is 31.0 Å². The Hall–Kier alpha value is -1.77. The van der Waals surface area contributed by atoms with Crippen LogP contribution in [0.3, 0.4) is 0 Å². The topological polar surface area (TPSA) is 59.4 Å². The molecule has 1 saturated carbocycles. The third-order valence-corrected chi connectivity index (χ3v) is 4.34. The Morgan fingerprint density at radius 2 is 2.05 bits per heavy atom. The highest BCUT2D eigenvalue weighted by atomic mass is 35.5. The molecule has 1 aliphatic carbocycles. The predicted octanol–water partition coefficient (Wildman–Crippen LogP) is 1.61. The van der Waals surface area contributed by atoms with Crippen molar-refractivity contribution in [3.63, 3.8) is 0 Å². The molecular weight excluding hydrogens is 300 g/mol. The van der Waals surface area contributed by atoms with Crippen LogP contribution in [-0.2, 0) is 4.79 Å². The van der Waals surface area contributed by atoms with Gasteiger partial charge < -0.3 is 10.2 Å². The number of nitriles is 1. The van der Waals surface area contributed by atoms with Crippen molar-refractivity contribution < 1.29 is 4.79 Å². The Morgan fingerprint density at radius 3 is 2.68 bits per heavy atom. The lowest BCUT2D eigenvalue weighted by Crippen LogP contribution is -2.49. The van der Waals surface area contributed by atoms with Crippen molar-refractivity contribution in [2.75, 3.05) is 37.6 Å². The van der Waals surface area contributed by atoms with Crippen molar-refractivity contribution in [3.8, 4) is 6.07 Å². The van der Waals surface area contributed by atoms with Crippen molar-refractivity contribution in [2.24, 2.45) is 0 Å². The van der Waals surface area contributed by atoms with Gasteiger partial charge in [0.25, 0.3) is 0 Å². The highest BCUT2D eigenvalue weighted by Crippen LogP contribution is 2.24. The summed E-state index contributed by atoms with van der Waals surface area (Å²) in [6.07, 6.45) is 2.24. The van der Waals surface area contributed by atoms with Crippen molar-refractivity contribution in [1.82, 2.24) is 10.2 Å². The van der Waals surface area contributed by atoms with Crippen LogP contribution in [0.15, 0.2) is 18.2 Å². The first-order valence-electron chi connectivity index (χ1n) is 7.62. The molecule has 2 aliphatic rings. The minimum absolute atomic E-state index is 0.125. The molecule has 0 unspecified atom stereocenters. The number of hydrogen-bond acceptors (Lipinski definition) is 4. The smallest absolute Gasteiger partial charge is 0.234 e. The van der Waals surface area contributed by atoms with Gasteiger partial charge in [0, 0.05) is 37.2 Å². The molecule has 1 aliphatic heterocycles. The lowest BCUT2D eigenvalue weighted by Gasteiger charge is -2.36. The molecule has 22 heavy (non-hydrogen) atoms. The highest BCUT2D eigenvalue weighted by molar-refractivity contribution is 6.30. The number of rotatable bonds is 4. The summed E-state index contributed by atoms with van der Waals surface area (Å²) >= 11 is 5.94. The summed E-state index contributed by atoms with van der Waals surface area (Å²) in [5, 5.41) is 12.8. The number of nitrogens with zero attached hydrogens (tertiary/aromatic N) is 3. The molecule has 0 bridgehead atoms. The van der Waals surface area contributed by atoms with Crippen LogP contribution < -0.4 is 10.2 Å². The van der Waals surface area contributed by atoms with E-state index >= 15 is 0 Å². The molecule has 0 atom stereocenters. The molecule has 5 nitrogen and oxygen atoms in total. The molecule has 1 aromatic rings. The summed E-state index contributed by atoms with van der Waals surface area (Å²) in [4.78, 5) is 16.2. The second-order valence-corrected chi connectivity index (χ2v) is 6.31. The molecule has 6 heteroatoms. The Kier molecular flexibility index (Phi) is 4.51. The summed E-state index contributed by atoms with van der Waals surface area (Å²) in [6.45, 7) is 3.74. The molecule has 116 valence electrons. The second kappa shape index (κ2) is 6.55. The third-order valence-electron chi connectivity index (χ3n) is 4.10. The number of nitrogens with one attached hydrogen (secondary N) is 1. The normalized spacial score (nSPS) is 18.8. The van der Waals surface area contributed by atoms with Crippen LogP contribution in [0.4, 0.5) is 5.69 Å². The first kappa shape index (κ1) is 15.1. The molecule has 0 spiro atoms. The maximum Gasteiger partial charge on any atom is 0.234 e. The van der Waals surface area contributed by atoms with Gasteiger partial charge in [-0.3, -0.25) is 9.69 Å². The first-order valence-corrected chi connectivity index (χ1v) is 8.00. The van der Waals surface area contributed by atoms with Gasteiger partial charge in [0.2, 0.25) is 5.91 Å². The van der Waals surface area contributed by atoms with Gasteiger partial charge in [-0.25, -0.2) is 0 Å². The number of carbonyl (C=O) groups excluding carboxylic acids is 1. The summed E-state index contributed by atoms with van der Waals surface area (Å²) in [5.41, 5.74) is 1.53. The van der Waals surface area contributed by atoms with Crippen LogP contribution in [0.5, 0.6) is 0 Å². The van der Waals surface area contributed by atoms with E-state index in [-0.39, 0.29) is 5.91 Å². The van der Waals surface area contributed by atoms with Gasteiger partial charge in [0.1, 0.15) is 6.07 Å². The standard InChI is InChI=1S/C16H19ClN4O/c17-13-1-4-15(12(9-13)10-18)21-7-5-20(6-8-21)11-16(22)19-14-2-3-14/h1,4,9,14H,2-3,5-8,11H2,(H,19,22). The van der Waals surface area contributed by atoms with E-state index in [1.807, 2.05) is 12.1 Å². The molecule has 1 heterocycles. The number of amides is 1. The van der Waals surface area contributed by atoms with E-state index < -0.39 is 0 Å². The SMILES string of the molecule is N#Cc1cc(Cl)ccc1N1CCN(CC(=O)NC2CC2)CC1. The fourth-order valence-electron chi connectivity index (χ4n) is 2.72. The molecular formula is C16H19ClN4O. The zero-order valence-electron chi connectivity index (χ0n) is 12.4. The lowest BCUT2D eigenvalue weighted by atomic mass is 10.1. The average molecular weight is 319 g/mol. The van der Waals surface area contributed by atoms with E-state index in [2.05, 4.69) is 21.2 Å². The van der Waals surface area contributed by atoms with Crippen LogP contribution in [0.2, 0.25) is 5.02 Å². The summed E-state index contributed by atoms with van der Waals surface area (Å²) in [6, 6.07) is 8.03. The largest absolute Gasteiger partial charge is 0.368 e.